The summed E-state index contributed by atoms with van der Waals surface area (Å²) in [6.45, 7) is 2.30. The molecule has 0 aromatic heterocycles. The Bertz CT molecular complexity index is 932. The standard InChI is InChI=1S/C27H34Cl2N2O2S/c1-2-25(27(33)30-22-10-4-3-5-11-22)31(19-20-9-6-7-12-24(20)29)26(32)13-8-18-34-23-16-14-21(28)15-17-23/h6-7,9,12,14-17,22,25H,2-5,8,10-11,13,18-19H2,1H3,(H,30,33)/t25-/m1/s1. The van der Waals surface area contributed by atoms with Gasteiger partial charge in [-0.1, -0.05) is 67.6 Å². The molecule has 0 saturated heterocycles. The lowest BCUT2D eigenvalue weighted by molar-refractivity contribution is -0.141. The molecular weight excluding hydrogens is 487 g/mol. The minimum absolute atomic E-state index is 0.0118. The minimum atomic E-state index is -0.505. The first kappa shape index (κ1) is 26.9. The molecule has 0 unspecified atom stereocenters. The first-order valence-corrected chi connectivity index (χ1v) is 13.9. The number of hydrogen-bond acceptors (Lipinski definition) is 3. The van der Waals surface area contributed by atoms with Crippen molar-refractivity contribution in [3.63, 3.8) is 0 Å². The highest BCUT2D eigenvalue weighted by molar-refractivity contribution is 7.99. The van der Waals surface area contributed by atoms with Gasteiger partial charge in [0.15, 0.2) is 0 Å². The third-order valence-electron chi connectivity index (χ3n) is 6.25. The quantitative estimate of drug-likeness (QED) is 0.253. The number of rotatable bonds is 11. The highest BCUT2D eigenvalue weighted by atomic mass is 35.5. The smallest absolute Gasteiger partial charge is 0.243 e. The van der Waals surface area contributed by atoms with Crippen LogP contribution in [0, 0.1) is 0 Å². The van der Waals surface area contributed by atoms with Crippen LogP contribution in [-0.2, 0) is 16.1 Å². The molecule has 34 heavy (non-hydrogen) atoms. The number of carbonyl (C=O) groups is 2. The topological polar surface area (TPSA) is 49.4 Å². The van der Waals surface area contributed by atoms with Crippen molar-refractivity contribution in [1.82, 2.24) is 10.2 Å². The van der Waals surface area contributed by atoms with Gasteiger partial charge in [0.2, 0.25) is 11.8 Å². The molecule has 2 aromatic carbocycles. The van der Waals surface area contributed by atoms with Crippen LogP contribution in [0.2, 0.25) is 10.0 Å². The lowest BCUT2D eigenvalue weighted by atomic mass is 9.95. The van der Waals surface area contributed by atoms with E-state index in [1.165, 1.54) is 6.42 Å². The van der Waals surface area contributed by atoms with Gasteiger partial charge in [0.1, 0.15) is 6.04 Å². The second kappa shape index (κ2) is 14.0. The van der Waals surface area contributed by atoms with Gasteiger partial charge in [-0.25, -0.2) is 0 Å². The van der Waals surface area contributed by atoms with Gasteiger partial charge in [0.25, 0.3) is 0 Å². The van der Waals surface area contributed by atoms with Crippen LogP contribution in [-0.4, -0.2) is 34.6 Å². The zero-order valence-electron chi connectivity index (χ0n) is 19.8. The van der Waals surface area contributed by atoms with E-state index in [-0.39, 0.29) is 17.9 Å². The molecule has 2 aromatic rings. The maximum absolute atomic E-state index is 13.4. The van der Waals surface area contributed by atoms with Crippen molar-refractivity contribution in [1.29, 1.82) is 0 Å². The van der Waals surface area contributed by atoms with Gasteiger partial charge in [-0.2, -0.15) is 0 Å². The van der Waals surface area contributed by atoms with Crippen molar-refractivity contribution in [2.45, 2.75) is 81.8 Å². The number of nitrogens with zero attached hydrogens (tertiary/aromatic N) is 1. The predicted octanol–water partition coefficient (Wildman–Crippen LogP) is 7.12. The minimum Gasteiger partial charge on any atom is -0.352 e. The van der Waals surface area contributed by atoms with E-state index in [0.717, 1.165) is 48.3 Å². The number of benzene rings is 2. The van der Waals surface area contributed by atoms with Crippen LogP contribution < -0.4 is 5.32 Å². The van der Waals surface area contributed by atoms with E-state index in [9.17, 15) is 9.59 Å². The molecule has 7 heteroatoms. The van der Waals surface area contributed by atoms with E-state index in [2.05, 4.69) is 5.32 Å². The first-order chi connectivity index (χ1) is 16.5. The monoisotopic (exact) mass is 520 g/mol. The molecule has 184 valence electrons. The fourth-order valence-electron chi connectivity index (χ4n) is 4.36. The number of amides is 2. The van der Waals surface area contributed by atoms with E-state index in [1.54, 1.807) is 16.7 Å². The van der Waals surface area contributed by atoms with E-state index < -0.39 is 6.04 Å². The average molecular weight is 522 g/mol. The average Bonchev–Trinajstić information content (AvgIpc) is 2.84. The van der Waals surface area contributed by atoms with Crippen LogP contribution >= 0.6 is 35.0 Å². The van der Waals surface area contributed by atoms with Gasteiger partial charge >= 0.3 is 0 Å². The lowest BCUT2D eigenvalue weighted by Gasteiger charge is -2.33. The number of thioether (sulfide) groups is 1. The highest BCUT2D eigenvalue weighted by Crippen LogP contribution is 2.24. The maximum Gasteiger partial charge on any atom is 0.243 e. The zero-order valence-corrected chi connectivity index (χ0v) is 22.1. The van der Waals surface area contributed by atoms with E-state index in [4.69, 9.17) is 23.2 Å². The third-order valence-corrected chi connectivity index (χ3v) is 7.97. The molecule has 4 nitrogen and oxygen atoms in total. The summed E-state index contributed by atoms with van der Waals surface area (Å²) in [6, 6.07) is 15.0. The van der Waals surface area contributed by atoms with Crippen LogP contribution in [0.5, 0.6) is 0 Å². The summed E-state index contributed by atoms with van der Waals surface area (Å²) >= 11 is 14.1. The fraction of sp³-hybridized carbons (Fsp3) is 0.481. The van der Waals surface area contributed by atoms with Gasteiger partial charge in [-0.05, 0) is 67.3 Å². The Kier molecular flexibility index (Phi) is 11.1. The summed E-state index contributed by atoms with van der Waals surface area (Å²) in [5, 5.41) is 4.55. The van der Waals surface area contributed by atoms with Gasteiger partial charge in [0.05, 0.1) is 0 Å². The van der Waals surface area contributed by atoms with Crippen LogP contribution in [0.3, 0.4) is 0 Å². The molecule has 1 saturated carbocycles. The Labute approximate surface area is 217 Å². The Hall–Kier alpha value is -1.69. The van der Waals surface area contributed by atoms with Crippen molar-refractivity contribution in [2.24, 2.45) is 0 Å². The van der Waals surface area contributed by atoms with Gasteiger partial charge in [-0.3, -0.25) is 9.59 Å². The second-order valence-corrected chi connectivity index (χ2v) is 10.8. The normalized spacial score (nSPS) is 15.0. The maximum atomic E-state index is 13.4. The molecule has 2 amide bonds. The van der Waals surface area contributed by atoms with E-state index >= 15 is 0 Å². The van der Waals surface area contributed by atoms with Crippen molar-refractivity contribution >= 4 is 46.8 Å². The van der Waals surface area contributed by atoms with Crippen molar-refractivity contribution in [3.05, 3.63) is 64.1 Å². The van der Waals surface area contributed by atoms with E-state index in [0.29, 0.717) is 29.4 Å². The number of carbonyl (C=O) groups excluding carboxylic acids is 2. The zero-order chi connectivity index (χ0) is 24.3. The molecule has 0 bridgehead atoms. The Morgan fingerprint density at radius 3 is 2.44 bits per heavy atom. The van der Waals surface area contributed by atoms with Gasteiger partial charge < -0.3 is 10.2 Å². The molecule has 0 aliphatic heterocycles. The SMILES string of the molecule is CC[C@H](C(=O)NC1CCCCC1)N(Cc1ccccc1Cl)C(=O)CCCSc1ccc(Cl)cc1. The van der Waals surface area contributed by atoms with E-state index in [1.807, 2.05) is 55.5 Å². The Balaban J connectivity index is 1.65. The molecule has 3 rings (SSSR count). The van der Waals surface area contributed by atoms with Crippen LogP contribution in [0.25, 0.3) is 0 Å². The fourth-order valence-corrected chi connectivity index (χ4v) is 5.54. The molecule has 1 N–H and O–H groups in total. The molecule has 0 radical (unpaired) electrons. The Morgan fingerprint density at radius 2 is 1.76 bits per heavy atom. The summed E-state index contributed by atoms with van der Waals surface area (Å²) in [6.07, 6.45) is 7.24. The molecule has 1 atom stereocenters. The van der Waals surface area contributed by atoms with Crippen LogP contribution in [0.15, 0.2) is 53.4 Å². The third kappa shape index (κ3) is 8.21. The predicted molar refractivity (Wildman–Crippen MR) is 143 cm³/mol. The Morgan fingerprint density at radius 1 is 1.06 bits per heavy atom. The van der Waals surface area contributed by atoms with Crippen molar-refractivity contribution in [3.8, 4) is 0 Å². The first-order valence-electron chi connectivity index (χ1n) is 12.2. The summed E-state index contributed by atoms with van der Waals surface area (Å²) in [7, 11) is 0. The van der Waals surface area contributed by atoms with Crippen LogP contribution in [0.1, 0.15) is 63.9 Å². The molecule has 1 aliphatic rings. The number of halogens is 2. The molecule has 1 fully saturated rings. The van der Waals surface area contributed by atoms with Gasteiger partial charge in [-0.15, -0.1) is 11.8 Å². The number of nitrogens with one attached hydrogen (secondary N) is 1. The summed E-state index contributed by atoms with van der Waals surface area (Å²) < 4.78 is 0. The summed E-state index contributed by atoms with van der Waals surface area (Å²) in [4.78, 5) is 29.5. The summed E-state index contributed by atoms with van der Waals surface area (Å²) in [5.74, 6) is 0.755. The van der Waals surface area contributed by atoms with Crippen molar-refractivity contribution in [2.75, 3.05) is 5.75 Å². The summed E-state index contributed by atoms with van der Waals surface area (Å²) in [5.41, 5.74) is 0.858. The lowest BCUT2D eigenvalue weighted by Crippen LogP contribution is -2.51. The molecular formula is C27H34Cl2N2O2S. The van der Waals surface area contributed by atoms with Crippen molar-refractivity contribution < 1.29 is 9.59 Å². The molecule has 1 aliphatic carbocycles. The number of hydrogen-bond donors (Lipinski definition) is 1. The van der Waals surface area contributed by atoms with Crippen LogP contribution in [0.4, 0.5) is 0 Å². The largest absolute Gasteiger partial charge is 0.352 e. The second-order valence-electron chi connectivity index (χ2n) is 8.79. The molecule has 0 spiro atoms. The molecule has 0 heterocycles. The highest BCUT2D eigenvalue weighted by Gasteiger charge is 2.30. The van der Waals surface area contributed by atoms with Gasteiger partial charge in [0, 0.05) is 33.9 Å².